The molecule has 1 aromatic rings. The highest BCUT2D eigenvalue weighted by atomic mass is 16.4. The molecule has 0 aromatic heterocycles. The predicted octanol–water partition coefficient (Wildman–Crippen LogP) is 3.78. The highest BCUT2D eigenvalue weighted by Gasteiger charge is 2.13. The summed E-state index contributed by atoms with van der Waals surface area (Å²) in [6, 6.07) is 4.64. The van der Waals surface area contributed by atoms with Crippen molar-refractivity contribution in [1.29, 1.82) is 0 Å². The minimum Gasteiger partial charge on any atom is -0.478 e. The first-order chi connectivity index (χ1) is 9.95. The van der Waals surface area contributed by atoms with Gasteiger partial charge in [0.15, 0.2) is 0 Å². The molecule has 1 aromatic carbocycles. The molecule has 0 saturated carbocycles. The number of nitrogens with one attached hydrogen (secondary N) is 2. The molecule has 1 rings (SSSR count). The molecule has 1 unspecified atom stereocenters. The average Bonchev–Trinajstić information content (AvgIpc) is 2.41. The first kappa shape index (κ1) is 17.0. The fourth-order valence-electron chi connectivity index (χ4n) is 2.16. The Morgan fingerprint density at radius 2 is 2.00 bits per heavy atom. The maximum atomic E-state index is 11.9. The smallest absolute Gasteiger partial charge is 0.336 e. The quantitative estimate of drug-likeness (QED) is 0.669. The fourth-order valence-corrected chi connectivity index (χ4v) is 2.16. The second-order valence-electron chi connectivity index (χ2n) is 5.28. The normalized spacial score (nSPS) is 11.8. The molecule has 0 fully saturated rings. The third kappa shape index (κ3) is 5.45. The van der Waals surface area contributed by atoms with Crippen LogP contribution in [-0.2, 0) is 0 Å². The Kier molecular flexibility index (Phi) is 6.72. The van der Waals surface area contributed by atoms with Crippen LogP contribution in [0.4, 0.5) is 10.5 Å². The van der Waals surface area contributed by atoms with Crippen LogP contribution < -0.4 is 10.6 Å². The Hall–Kier alpha value is -2.04. The van der Waals surface area contributed by atoms with E-state index in [9.17, 15) is 9.59 Å². The van der Waals surface area contributed by atoms with Gasteiger partial charge in [-0.15, -0.1) is 0 Å². The second-order valence-corrected chi connectivity index (χ2v) is 5.28. The average molecular weight is 292 g/mol. The van der Waals surface area contributed by atoms with E-state index >= 15 is 0 Å². The third-order valence-electron chi connectivity index (χ3n) is 3.43. The number of anilines is 1. The molecule has 0 aliphatic rings. The number of carbonyl (C=O) groups excluding carboxylic acids is 1. The number of carboxylic acids is 1. The number of rotatable bonds is 7. The van der Waals surface area contributed by atoms with Crippen molar-refractivity contribution in [3.05, 3.63) is 29.3 Å². The second kappa shape index (κ2) is 8.29. The topological polar surface area (TPSA) is 78.4 Å². The summed E-state index contributed by atoms with van der Waals surface area (Å²) in [6.45, 7) is 5.79. The molecular weight excluding hydrogens is 268 g/mol. The molecule has 0 radical (unpaired) electrons. The van der Waals surface area contributed by atoms with Gasteiger partial charge in [0.05, 0.1) is 5.56 Å². The number of carboxylic acid groups (broad SMARTS) is 1. The maximum absolute atomic E-state index is 11.9. The van der Waals surface area contributed by atoms with Crippen molar-refractivity contribution in [3.63, 3.8) is 0 Å². The summed E-state index contributed by atoms with van der Waals surface area (Å²) in [5, 5.41) is 14.6. The molecule has 21 heavy (non-hydrogen) atoms. The van der Waals surface area contributed by atoms with Gasteiger partial charge in [0.1, 0.15) is 0 Å². The number of aromatic carboxylic acids is 1. The van der Waals surface area contributed by atoms with Gasteiger partial charge in [-0.05, 0) is 38.0 Å². The van der Waals surface area contributed by atoms with Crippen molar-refractivity contribution in [2.24, 2.45) is 0 Å². The van der Waals surface area contributed by atoms with Crippen LogP contribution in [0.15, 0.2) is 18.2 Å². The van der Waals surface area contributed by atoms with Gasteiger partial charge >= 0.3 is 12.0 Å². The first-order valence-electron chi connectivity index (χ1n) is 7.36. The number of hydrogen-bond donors (Lipinski definition) is 3. The lowest BCUT2D eigenvalue weighted by molar-refractivity contribution is 0.0696. The molecule has 5 nitrogen and oxygen atoms in total. The lowest BCUT2D eigenvalue weighted by atomic mass is 10.1. The molecule has 116 valence electrons. The van der Waals surface area contributed by atoms with Crippen molar-refractivity contribution in [2.75, 3.05) is 5.32 Å². The standard InChI is InChI=1S/C16H24N2O3/c1-4-5-6-8-11(2)17-16(21)18-14-10-7-9-13(12(14)3)15(19)20/h7,9-11H,4-6,8H2,1-3H3,(H,19,20)(H2,17,18,21). The molecule has 1 atom stereocenters. The zero-order valence-electron chi connectivity index (χ0n) is 12.9. The van der Waals surface area contributed by atoms with E-state index in [-0.39, 0.29) is 17.6 Å². The Balaban J connectivity index is 2.59. The van der Waals surface area contributed by atoms with Crippen LogP contribution in [0.5, 0.6) is 0 Å². The summed E-state index contributed by atoms with van der Waals surface area (Å²) in [5.41, 5.74) is 1.27. The number of carbonyl (C=O) groups is 2. The minimum absolute atomic E-state index is 0.0968. The zero-order valence-corrected chi connectivity index (χ0v) is 12.9. The summed E-state index contributed by atoms with van der Waals surface area (Å²) in [7, 11) is 0. The van der Waals surface area contributed by atoms with Crippen molar-refractivity contribution >= 4 is 17.7 Å². The van der Waals surface area contributed by atoms with Gasteiger partial charge in [-0.2, -0.15) is 0 Å². The van der Waals surface area contributed by atoms with Crippen molar-refractivity contribution in [1.82, 2.24) is 5.32 Å². The highest BCUT2D eigenvalue weighted by Crippen LogP contribution is 2.18. The number of hydrogen-bond acceptors (Lipinski definition) is 2. The van der Waals surface area contributed by atoms with E-state index in [2.05, 4.69) is 17.6 Å². The number of unbranched alkanes of at least 4 members (excludes halogenated alkanes) is 2. The van der Waals surface area contributed by atoms with Crippen LogP contribution in [0.2, 0.25) is 0 Å². The van der Waals surface area contributed by atoms with Crippen LogP contribution in [0.25, 0.3) is 0 Å². The molecule has 0 heterocycles. The van der Waals surface area contributed by atoms with E-state index in [4.69, 9.17) is 5.11 Å². The Morgan fingerprint density at radius 3 is 2.62 bits per heavy atom. The van der Waals surface area contributed by atoms with Crippen LogP contribution in [0, 0.1) is 6.92 Å². The highest BCUT2D eigenvalue weighted by molar-refractivity contribution is 5.95. The summed E-state index contributed by atoms with van der Waals surface area (Å²) in [5.74, 6) is -0.996. The van der Waals surface area contributed by atoms with Crippen LogP contribution in [-0.4, -0.2) is 23.1 Å². The zero-order chi connectivity index (χ0) is 15.8. The maximum Gasteiger partial charge on any atom is 0.336 e. The van der Waals surface area contributed by atoms with E-state index < -0.39 is 5.97 Å². The van der Waals surface area contributed by atoms with E-state index in [1.54, 1.807) is 19.1 Å². The molecule has 0 bridgehead atoms. The predicted molar refractivity (Wildman–Crippen MR) is 83.9 cm³/mol. The SMILES string of the molecule is CCCCCC(C)NC(=O)Nc1cccc(C(=O)O)c1C. The molecule has 3 N–H and O–H groups in total. The number of urea groups is 1. The van der Waals surface area contributed by atoms with Crippen molar-refractivity contribution in [3.8, 4) is 0 Å². The van der Waals surface area contributed by atoms with Crippen molar-refractivity contribution in [2.45, 2.75) is 52.5 Å². The molecule has 0 spiro atoms. The van der Waals surface area contributed by atoms with Crippen LogP contribution in [0.1, 0.15) is 55.5 Å². The molecule has 0 aliphatic heterocycles. The van der Waals surface area contributed by atoms with Crippen molar-refractivity contribution < 1.29 is 14.7 Å². The van der Waals surface area contributed by atoms with E-state index in [0.29, 0.717) is 11.3 Å². The van der Waals surface area contributed by atoms with E-state index in [1.807, 2.05) is 6.92 Å². The van der Waals surface area contributed by atoms with Gasteiger partial charge in [-0.3, -0.25) is 0 Å². The lowest BCUT2D eigenvalue weighted by Gasteiger charge is -2.16. The largest absolute Gasteiger partial charge is 0.478 e. The minimum atomic E-state index is -0.996. The van der Waals surface area contributed by atoms with Crippen LogP contribution >= 0.6 is 0 Å². The summed E-state index contributed by atoms with van der Waals surface area (Å²) >= 11 is 0. The van der Waals surface area contributed by atoms with Gasteiger partial charge in [0.25, 0.3) is 0 Å². The van der Waals surface area contributed by atoms with E-state index in [0.717, 1.165) is 25.7 Å². The van der Waals surface area contributed by atoms with Gasteiger partial charge in [-0.1, -0.05) is 32.3 Å². The molecule has 2 amide bonds. The number of amides is 2. The molecule has 5 heteroatoms. The molecule has 0 saturated heterocycles. The Bertz CT molecular complexity index is 500. The summed E-state index contributed by atoms with van der Waals surface area (Å²) < 4.78 is 0. The van der Waals surface area contributed by atoms with E-state index in [1.165, 1.54) is 6.07 Å². The fraction of sp³-hybridized carbons (Fsp3) is 0.500. The molecular formula is C16H24N2O3. The summed E-state index contributed by atoms with van der Waals surface area (Å²) in [6.07, 6.45) is 4.34. The van der Waals surface area contributed by atoms with Gasteiger partial charge < -0.3 is 15.7 Å². The van der Waals surface area contributed by atoms with Gasteiger partial charge in [0.2, 0.25) is 0 Å². The summed E-state index contributed by atoms with van der Waals surface area (Å²) in [4.78, 5) is 23.0. The first-order valence-corrected chi connectivity index (χ1v) is 7.36. The Labute approximate surface area is 125 Å². The van der Waals surface area contributed by atoms with Gasteiger partial charge in [0, 0.05) is 11.7 Å². The lowest BCUT2D eigenvalue weighted by Crippen LogP contribution is -2.36. The molecule has 0 aliphatic carbocycles. The van der Waals surface area contributed by atoms with Gasteiger partial charge in [-0.25, -0.2) is 9.59 Å². The number of benzene rings is 1. The monoisotopic (exact) mass is 292 g/mol. The Morgan fingerprint density at radius 1 is 1.29 bits per heavy atom. The van der Waals surface area contributed by atoms with Crippen LogP contribution in [0.3, 0.4) is 0 Å². The third-order valence-corrected chi connectivity index (χ3v) is 3.43.